The number of urea groups is 1. The van der Waals surface area contributed by atoms with Gasteiger partial charge in [0.15, 0.2) is 0 Å². The Morgan fingerprint density at radius 3 is 2.42 bits per heavy atom. The van der Waals surface area contributed by atoms with E-state index in [9.17, 15) is 9.59 Å². The monoisotopic (exact) mass is 500 g/mol. The first kappa shape index (κ1) is 25.5. The van der Waals surface area contributed by atoms with Crippen LogP contribution in [0.4, 0.5) is 10.5 Å². The van der Waals surface area contributed by atoms with E-state index in [4.69, 9.17) is 4.98 Å². The first-order valence-corrected chi connectivity index (χ1v) is 13.5. The highest BCUT2D eigenvalue weighted by molar-refractivity contribution is 7.98. The Bertz CT molecular complexity index is 1370. The second-order valence-electron chi connectivity index (χ2n) is 8.71. The molecule has 0 saturated carbocycles. The van der Waals surface area contributed by atoms with Crippen LogP contribution in [0.3, 0.4) is 0 Å². The van der Waals surface area contributed by atoms with Crippen molar-refractivity contribution in [2.75, 3.05) is 18.1 Å². The van der Waals surface area contributed by atoms with E-state index in [0.717, 1.165) is 22.6 Å². The first-order valence-electron chi connectivity index (χ1n) is 12.3. The minimum atomic E-state index is -0.414. The highest BCUT2D eigenvalue weighted by Gasteiger charge is 2.26. The van der Waals surface area contributed by atoms with Gasteiger partial charge in [-0.05, 0) is 68.0 Å². The number of thioether (sulfide) groups is 1. The van der Waals surface area contributed by atoms with Crippen molar-refractivity contribution in [1.29, 1.82) is 0 Å². The van der Waals surface area contributed by atoms with Gasteiger partial charge in [-0.3, -0.25) is 9.36 Å². The molecule has 4 rings (SSSR count). The van der Waals surface area contributed by atoms with Crippen molar-refractivity contribution in [2.24, 2.45) is 0 Å². The van der Waals surface area contributed by atoms with Crippen LogP contribution in [0.2, 0.25) is 0 Å². The number of anilines is 1. The number of hydrogen-bond donors (Lipinski definition) is 1. The third-order valence-corrected chi connectivity index (χ3v) is 7.01. The number of hydrogen-bond acceptors (Lipinski definition) is 4. The van der Waals surface area contributed by atoms with Crippen LogP contribution < -0.4 is 10.9 Å². The van der Waals surface area contributed by atoms with Gasteiger partial charge in [-0.2, -0.15) is 0 Å². The average Bonchev–Trinajstić information content (AvgIpc) is 2.91. The molecule has 1 N–H and O–H groups in total. The van der Waals surface area contributed by atoms with Gasteiger partial charge < -0.3 is 10.2 Å². The summed E-state index contributed by atoms with van der Waals surface area (Å²) in [5.74, 6) is 0.599. The minimum absolute atomic E-state index is 0.0691. The molecule has 1 aromatic heterocycles. The number of rotatable bonds is 9. The molecule has 1 heterocycles. The zero-order valence-electron chi connectivity index (χ0n) is 21.0. The van der Waals surface area contributed by atoms with Crippen LogP contribution in [-0.4, -0.2) is 33.3 Å². The average molecular weight is 501 g/mol. The molecule has 36 heavy (non-hydrogen) atoms. The van der Waals surface area contributed by atoms with Crippen molar-refractivity contribution in [1.82, 2.24) is 14.5 Å². The lowest BCUT2D eigenvalue weighted by molar-refractivity contribution is 0.189. The van der Waals surface area contributed by atoms with Gasteiger partial charge in [0.2, 0.25) is 0 Å². The molecule has 1 atom stereocenters. The lowest BCUT2D eigenvalue weighted by atomic mass is 10.1. The molecular formula is C29H32N4O2S. The Hall–Kier alpha value is -3.58. The SMILES string of the molecule is CCCn1c(C(C)N(CCc2ccccc2)C(=O)Nc2ccc(SC)cc2)nc2ccccc2c1=O. The lowest BCUT2D eigenvalue weighted by Gasteiger charge is -2.31. The normalized spacial score (nSPS) is 11.9. The van der Waals surface area contributed by atoms with Crippen LogP contribution >= 0.6 is 11.8 Å². The van der Waals surface area contributed by atoms with E-state index in [1.165, 1.54) is 0 Å². The molecule has 0 bridgehead atoms. The number of benzene rings is 3. The summed E-state index contributed by atoms with van der Waals surface area (Å²) < 4.78 is 1.73. The van der Waals surface area contributed by atoms with Gasteiger partial charge in [0.05, 0.1) is 16.9 Å². The Morgan fingerprint density at radius 2 is 1.72 bits per heavy atom. The van der Waals surface area contributed by atoms with E-state index >= 15 is 0 Å². The number of nitrogens with zero attached hydrogens (tertiary/aromatic N) is 3. The third-order valence-electron chi connectivity index (χ3n) is 6.27. The van der Waals surface area contributed by atoms with Gasteiger partial charge in [-0.1, -0.05) is 49.4 Å². The number of para-hydroxylation sites is 1. The molecule has 0 aliphatic heterocycles. The fourth-order valence-corrected chi connectivity index (χ4v) is 4.73. The van der Waals surface area contributed by atoms with Gasteiger partial charge >= 0.3 is 6.03 Å². The topological polar surface area (TPSA) is 67.2 Å². The van der Waals surface area contributed by atoms with E-state index in [2.05, 4.69) is 17.4 Å². The molecule has 7 heteroatoms. The highest BCUT2D eigenvalue weighted by Crippen LogP contribution is 2.23. The molecule has 0 fully saturated rings. The smallest absolute Gasteiger partial charge is 0.314 e. The van der Waals surface area contributed by atoms with E-state index in [1.54, 1.807) is 21.2 Å². The van der Waals surface area contributed by atoms with Crippen molar-refractivity contribution in [2.45, 2.75) is 44.2 Å². The van der Waals surface area contributed by atoms with Gasteiger partial charge in [-0.25, -0.2) is 9.78 Å². The fraction of sp³-hybridized carbons (Fsp3) is 0.276. The summed E-state index contributed by atoms with van der Waals surface area (Å²) in [6, 6.07) is 24.7. The van der Waals surface area contributed by atoms with Crippen LogP contribution in [0.1, 0.15) is 37.7 Å². The lowest BCUT2D eigenvalue weighted by Crippen LogP contribution is -2.41. The summed E-state index contributed by atoms with van der Waals surface area (Å²) >= 11 is 1.66. The fourth-order valence-electron chi connectivity index (χ4n) is 4.32. The summed E-state index contributed by atoms with van der Waals surface area (Å²) in [5.41, 5.74) is 2.45. The number of aromatic nitrogens is 2. The maximum atomic E-state index is 13.6. The van der Waals surface area contributed by atoms with Crippen molar-refractivity contribution in [3.05, 3.63) is 101 Å². The van der Waals surface area contributed by atoms with Gasteiger partial charge in [-0.15, -0.1) is 11.8 Å². The van der Waals surface area contributed by atoms with Crippen molar-refractivity contribution in [3.8, 4) is 0 Å². The van der Waals surface area contributed by atoms with E-state index in [0.29, 0.717) is 36.2 Å². The highest BCUT2D eigenvalue weighted by atomic mass is 32.2. The van der Waals surface area contributed by atoms with Crippen molar-refractivity contribution >= 4 is 34.4 Å². The molecule has 6 nitrogen and oxygen atoms in total. The van der Waals surface area contributed by atoms with Gasteiger partial charge in [0, 0.05) is 23.7 Å². The number of carbonyl (C=O) groups excluding carboxylic acids is 1. The van der Waals surface area contributed by atoms with Crippen molar-refractivity contribution in [3.63, 3.8) is 0 Å². The zero-order valence-corrected chi connectivity index (χ0v) is 21.8. The summed E-state index contributed by atoms with van der Waals surface area (Å²) in [6.07, 6.45) is 3.50. The van der Waals surface area contributed by atoms with E-state index in [1.807, 2.05) is 86.8 Å². The van der Waals surface area contributed by atoms with E-state index in [-0.39, 0.29) is 11.6 Å². The molecule has 2 amide bonds. The molecule has 0 saturated heterocycles. The van der Waals surface area contributed by atoms with Crippen molar-refractivity contribution < 1.29 is 4.79 Å². The molecular weight excluding hydrogens is 468 g/mol. The molecule has 186 valence electrons. The summed E-state index contributed by atoms with van der Waals surface area (Å²) in [7, 11) is 0. The second kappa shape index (κ2) is 11.9. The van der Waals surface area contributed by atoms with Crippen LogP contribution in [0.15, 0.2) is 88.6 Å². The quantitative estimate of drug-likeness (QED) is 0.271. The molecule has 4 aromatic rings. The number of nitrogens with one attached hydrogen (secondary N) is 1. The zero-order chi connectivity index (χ0) is 25.5. The van der Waals surface area contributed by atoms with Crippen LogP contribution in [0.25, 0.3) is 10.9 Å². The molecule has 0 aliphatic carbocycles. The molecule has 0 aliphatic rings. The first-order chi connectivity index (χ1) is 17.5. The van der Waals surface area contributed by atoms with Crippen LogP contribution in [0.5, 0.6) is 0 Å². The Labute approximate surface area is 216 Å². The number of carbonyl (C=O) groups is 1. The summed E-state index contributed by atoms with van der Waals surface area (Å²) in [6.45, 7) is 5.01. The van der Waals surface area contributed by atoms with E-state index < -0.39 is 6.04 Å². The third kappa shape index (κ3) is 5.79. The summed E-state index contributed by atoms with van der Waals surface area (Å²) in [4.78, 5) is 34.8. The Kier molecular flexibility index (Phi) is 8.44. The second-order valence-corrected chi connectivity index (χ2v) is 9.59. The van der Waals surface area contributed by atoms with Crippen LogP contribution in [-0.2, 0) is 13.0 Å². The predicted octanol–water partition coefficient (Wildman–Crippen LogP) is 6.37. The largest absolute Gasteiger partial charge is 0.322 e. The Balaban J connectivity index is 1.70. The standard InChI is InChI=1S/C29H32N4O2S/c1-4-19-33-27(31-26-13-9-8-12-25(26)28(33)34)21(2)32(20-18-22-10-6-5-7-11-22)29(35)30-23-14-16-24(36-3)17-15-23/h5-17,21H,4,18-20H2,1-3H3,(H,30,35). The van der Waals surface area contributed by atoms with Gasteiger partial charge in [0.25, 0.3) is 5.56 Å². The minimum Gasteiger partial charge on any atom is -0.314 e. The molecule has 0 spiro atoms. The van der Waals surface area contributed by atoms with Crippen LogP contribution in [0, 0.1) is 0 Å². The molecule has 0 radical (unpaired) electrons. The number of amides is 2. The Morgan fingerprint density at radius 1 is 1.03 bits per heavy atom. The molecule has 1 unspecified atom stereocenters. The maximum absolute atomic E-state index is 13.6. The molecule has 3 aromatic carbocycles. The predicted molar refractivity (Wildman–Crippen MR) is 149 cm³/mol. The van der Waals surface area contributed by atoms with Gasteiger partial charge in [0.1, 0.15) is 5.82 Å². The summed E-state index contributed by atoms with van der Waals surface area (Å²) in [5, 5.41) is 3.64. The maximum Gasteiger partial charge on any atom is 0.322 e. The number of fused-ring (bicyclic) bond motifs is 1.